The maximum absolute atomic E-state index is 12.2. The fraction of sp³-hybridized carbons (Fsp3) is 0.500. The summed E-state index contributed by atoms with van der Waals surface area (Å²) in [5.41, 5.74) is 0. The molecule has 0 aromatic rings. The van der Waals surface area contributed by atoms with Crippen molar-refractivity contribution in [2.45, 2.75) is 6.42 Å². The molecular formula is C4H7FO6S2. The van der Waals surface area contributed by atoms with E-state index in [9.17, 15) is 21.2 Å². The first-order valence-electron chi connectivity index (χ1n) is 2.91. The third-order valence-electron chi connectivity index (χ3n) is 0.927. The van der Waals surface area contributed by atoms with Crippen LogP contribution in [0.15, 0.2) is 11.2 Å². The quantitative estimate of drug-likeness (QED) is 0.661. The Bertz CT molecular complexity index is 390. The molecule has 0 bridgehead atoms. The second-order valence-corrected chi connectivity index (χ2v) is 4.97. The summed E-state index contributed by atoms with van der Waals surface area (Å²) in [6.07, 6.45) is -0.187. The smallest absolute Gasteiger partial charge is 0.286 e. The van der Waals surface area contributed by atoms with Crippen molar-refractivity contribution in [1.29, 1.82) is 0 Å². The minimum Gasteiger partial charge on any atom is -0.286 e. The van der Waals surface area contributed by atoms with Crippen molar-refractivity contribution in [3.8, 4) is 0 Å². The summed E-state index contributed by atoms with van der Waals surface area (Å²) < 4.78 is 68.5. The lowest BCUT2D eigenvalue weighted by Gasteiger charge is -1.92. The van der Waals surface area contributed by atoms with Gasteiger partial charge in [-0.3, -0.25) is 9.11 Å². The van der Waals surface area contributed by atoms with Gasteiger partial charge in [-0.05, 0) is 12.5 Å². The standard InChI is InChI=1S/C4H7FO6S2/c5-4(13(9,10)11)2-1-3-12(6,7)8/h2H,1,3H2,(H,6,7,8)(H,9,10,11). The van der Waals surface area contributed by atoms with Gasteiger partial charge < -0.3 is 0 Å². The average molecular weight is 234 g/mol. The minimum atomic E-state index is -4.90. The topological polar surface area (TPSA) is 109 Å². The van der Waals surface area contributed by atoms with Crippen LogP contribution in [0, 0.1) is 0 Å². The highest BCUT2D eigenvalue weighted by molar-refractivity contribution is 7.89. The lowest BCUT2D eigenvalue weighted by molar-refractivity contribution is 0.471. The van der Waals surface area contributed by atoms with Crippen LogP contribution in [0.3, 0.4) is 0 Å². The highest BCUT2D eigenvalue weighted by atomic mass is 32.2. The largest absolute Gasteiger partial charge is 0.321 e. The molecule has 9 heteroatoms. The fourth-order valence-corrected chi connectivity index (χ4v) is 1.17. The molecule has 0 saturated carbocycles. The molecule has 0 saturated heterocycles. The molecule has 0 unspecified atom stereocenters. The Labute approximate surface area is 74.6 Å². The molecule has 0 aliphatic carbocycles. The normalized spacial score (nSPS) is 14.5. The van der Waals surface area contributed by atoms with Crippen LogP contribution < -0.4 is 0 Å². The summed E-state index contributed by atoms with van der Waals surface area (Å²) in [5, 5.41) is -1.84. The van der Waals surface area contributed by atoms with Gasteiger partial charge in [-0.1, -0.05) is 0 Å². The molecule has 0 atom stereocenters. The van der Waals surface area contributed by atoms with Crippen LogP contribution in [0.5, 0.6) is 0 Å². The van der Waals surface area contributed by atoms with Crippen molar-refractivity contribution in [3.63, 3.8) is 0 Å². The Hall–Kier alpha value is -0.510. The van der Waals surface area contributed by atoms with Gasteiger partial charge in [0.15, 0.2) is 0 Å². The Kier molecular flexibility index (Phi) is 3.97. The van der Waals surface area contributed by atoms with Gasteiger partial charge in [-0.25, -0.2) is 0 Å². The van der Waals surface area contributed by atoms with Crippen LogP contribution in [0.25, 0.3) is 0 Å². The van der Waals surface area contributed by atoms with Crippen LogP contribution in [0.1, 0.15) is 6.42 Å². The van der Waals surface area contributed by atoms with Gasteiger partial charge in [0, 0.05) is 0 Å². The second kappa shape index (κ2) is 4.13. The van der Waals surface area contributed by atoms with E-state index in [1.54, 1.807) is 0 Å². The molecule has 0 fully saturated rings. The Morgan fingerprint density at radius 3 is 2.00 bits per heavy atom. The highest BCUT2D eigenvalue weighted by Crippen LogP contribution is 2.06. The van der Waals surface area contributed by atoms with Crippen LogP contribution in [-0.4, -0.2) is 31.7 Å². The minimum absolute atomic E-state index is 0.350. The van der Waals surface area contributed by atoms with E-state index in [0.29, 0.717) is 6.08 Å². The first-order chi connectivity index (χ1) is 5.63. The summed E-state index contributed by atoms with van der Waals surface area (Å²) >= 11 is 0. The van der Waals surface area contributed by atoms with Crippen LogP contribution in [-0.2, 0) is 20.2 Å². The van der Waals surface area contributed by atoms with E-state index < -0.39 is 37.6 Å². The lowest BCUT2D eigenvalue weighted by atomic mass is 10.5. The van der Waals surface area contributed by atoms with E-state index in [1.807, 2.05) is 0 Å². The predicted molar refractivity (Wildman–Crippen MR) is 41.8 cm³/mol. The van der Waals surface area contributed by atoms with Gasteiger partial charge >= 0.3 is 10.1 Å². The van der Waals surface area contributed by atoms with Crippen molar-refractivity contribution < 1.29 is 30.3 Å². The number of hydrogen-bond acceptors (Lipinski definition) is 4. The number of allylic oxidation sites excluding steroid dienone is 1. The van der Waals surface area contributed by atoms with Crippen molar-refractivity contribution >= 4 is 20.2 Å². The second-order valence-electron chi connectivity index (χ2n) is 2.06. The van der Waals surface area contributed by atoms with E-state index in [-0.39, 0.29) is 0 Å². The van der Waals surface area contributed by atoms with Crippen LogP contribution in [0.2, 0.25) is 0 Å². The van der Waals surface area contributed by atoms with Crippen molar-refractivity contribution in [2.75, 3.05) is 5.75 Å². The Balaban J connectivity index is 4.33. The molecule has 78 valence electrons. The van der Waals surface area contributed by atoms with E-state index >= 15 is 0 Å². The number of hydrogen-bond donors (Lipinski definition) is 2. The van der Waals surface area contributed by atoms with Gasteiger partial charge in [0.2, 0.25) is 5.16 Å². The highest BCUT2D eigenvalue weighted by Gasteiger charge is 2.12. The molecule has 6 nitrogen and oxygen atoms in total. The molecule has 0 aromatic carbocycles. The molecular weight excluding hydrogens is 227 g/mol. The van der Waals surface area contributed by atoms with Crippen LogP contribution >= 0.6 is 0 Å². The third kappa shape index (κ3) is 6.63. The SMILES string of the molecule is O=S(=O)(O)CCC=C(F)S(=O)(=O)O. The zero-order chi connectivity index (χ0) is 10.7. The van der Waals surface area contributed by atoms with Gasteiger partial charge in [-0.15, -0.1) is 0 Å². The Morgan fingerprint density at radius 2 is 1.69 bits per heavy atom. The molecule has 0 heterocycles. The number of rotatable bonds is 4. The molecule has 0 rings (SSSR count). The van der Waals surface area contributed by atoms with E-state index in [4.69, 9.17) is 9.11 Å². The zero-order valence-corrected chi connectivity index (χ0v) is 7.85. The molecule has 0 aromatic heterocycles. The molecule has 0 spiro atoms. The lowest BCUT2D eigenvalue weighted by Crippen LogP contribution is -2.03. The molecule has 0 aliphatic rings. The Morgan fingerprint density at radius 1 is 1.23 bits per heavy atom. The first-order valence-corrected chi connectivity index (χ1v) is 5.96. The molecule has 0 aliphatic heterocycles. The van der Waals surface area contributed by atoms with Gasteiger partial charge in [0.05, 0.1) is 5.75 Å². The summed E-state index contributed by atoms with van der Waals surface area (Å²) in [7, 11) is -9.16. The van der Waals surface area contributed by atoms with Crippen molar-refractivity contribution in [1.82, 2.24) is 0 Å². The van der Waals surface area contributed by atoms with Gasteiger partial charge in [-0.2, -0.15) is 21.2 Å². The summed E-state index contributed by atoms with van der Waals surface area (Å²) in [6, 6.07) is 0. The summed E-state index contributed by atoms with van der Waals surface area (Å²) in [6.45, 7) is 0. The third-order valence-corrected chi connectivity index (χ3v) is 2.34. The van der Waals surface area contributed by atoms with Gasteiger partial charge in [0.1, 0.15) is 0 Å². The fourth-order valence-electron chi connectivity index (χ4n) is 0.427. The maximum Gasteiger partial charge on any atom is 0.321 e. The number of halogens is 1. The van der Waals surface area contributed by atoms with Crippen molar-refractivity contribution in [3.05, 3.63) is 11.2 Å². The maximum atomic E-state index is 12.2. The summed E-state index contributed by atoms with van der Waals surface area (Å²) in [4.78, 5) is 0. The summed E-state index contributed by atoms with van der Waals surface area (Å²) in [5.74, 6) is -0.810. The van der Waals surface area contributed by atoms with E-state index in [2.05, 4.69) is 0 Å². The van der Waals surface area contributed by atoms with E-state index in [0.717, 1.165) is 0 Å². The average Bonchev–Trinajstić information content (AvgIpc) is 1.82. The van der Waals surface area contributed by atoms with Gasteiger partial charge in [0.25, 0.3) is 10.1 Å². The molecule has 0 amide bonds. The monoisotopic (exact) mass is 234 g/mol. The molecule has 13 heavy (non-hydrogen) atoms. The van der Waals surface area contributed by atoms with Crippen molar-refractivity contribution in [2.24, 2.45) is 0 Å². The van der Waals surface area contributed by atoms with E-state index in [1.165, 1.54) is 0 Å². The zero-order valence-electron chi connectivity index (χ0n) is 6.21. The molecule has 0 radical (unpaired) electrons. The molecule has 2 N–H and O–H groups in total. The van der Waals surface area contributed by atoms with Crippen LogP contribution in [0.4, 0.5) is 4.39 Å². The predicted octanol–water partition coefficient (Wildman–Crippen LogP) is -0.0370. The first kappa shape index (κ1) is 12.5.